The van der Waals surface area contributed by atoms with E-state index in [1.165, 1.54) is 26.2 Å². The molecular formula is C12H15NO6S. The maximum Gasteiger partial charge on any atom is 0.337 e. The molecule has 0 saturated heterocycles. The van der Waals surface area contributed by atoms with E-state index in [-0.39, 0.29) is 10.5 Å². The summed E-state index contributed by atoms with van der Waals surface area (Å²) in [6.45, 7) is 2.75. The summed E-state index contributed by atoms with van der Waals surface area (Å²) in [5, 5.41) is 8.74. The van der Waals surface area contributed by atoms with Crippen LogP contribution in [0.5, 0.6) is 0 Å². The predicted molar refractivity (Wildman–Crippen MR) is 69.9 cm³/mol. The van der Waals surface area contributed by atoms with E-state index in [2.05, 4.69) is 4.74 Å². The number of hydrogen-bond acceptors (Lipinski definition) is 5. The lowest BCUT2D eigenvalue weighted by molar-refractivity contribution is -0.138. The lowest BCUT2D eigenvalue weighted by Crippen LogP contribution is -2.38. The molecule has 0 unspecified atom stereocenters. The Morgan fingerprint density at radius 3 is 2.45 bits per heavy atom. The monoisotopic (exact) mass is 301 g/mol. The first-order valence-electron chi connectivity index (χ1n) is 5.63. The average molecular weight is 301 g/mol. The molecule has 1 atom stereocenters. The molecule has 0 amide bonds. The Labute approximate surface area is 116 Å². The molecule has 0 radical (unpaired) electrons. The summed E-state index contributed by atoms with van der Waals surface area (Å²) in [5.41, 5.74) is 0.462. The van der Waals surface area contributed by atoms with Crippen molar-refractivity contribution in [2.24, 2.45) is 0 Å². The smallest absolute Gasteiger partial charge is 0.337 e. The van der Waals surface area contributed by atoms with Crippen LogP contribution in [-0.4, -0.2) is 38.6 Å². The van der Waals surface area contributed by atoms with Crippen LogP contribution in [0.2, 0.25) is 0 Å². The summed E-state index contributed by atoms with van der Waals surface area (Å²) in [5.74, 6) is -1.97. The Morgan fingerprint density at radius 2 is 1.95 bits per heavy atom. The first-order chi connectivity index (χ1) is 9.19. The Kier molecular flexibility index (Phi) is 4.85. The first-order valence-corrected chi connectivity index (χ1v) is 7.11. The maximum absolute atomic E-state index is 12.1. The molecule has 0 aliphatic rings. The zero-order valence-corrected chi connectivity index (χ0v) is 12.0. The van der Waals surface area contributed by atoms with Gasteiger partial charge in [-0.25, -0.2) is 13.2 Å². The number of sulfonamides is 1. The molecule has 2 N–H and O–H groups in total. The number of carboxylic acid groups (broad SMARTS) is 1. The van der Waals surface area contributed by atoms with Gasteiger partial charge in [-0.15, -0.1) is 0 Å². The number of aliphatic carboxylic acids is 1. The summed E-state index contributed by atoms with van der Waals surface area (Å²) >= 11 is 0. The van der Waals surface area contributed by atoms with E-state index in [9.17, 15) is 18.0 Å². The van der Waals surface area contributed by atoms with Crippen LogP contribution in [0.15, 0.2) is 23.1 Å². The van der Waals surface area contributed by atoms with Crippen LogP contribution in [0, 0.1) is 6.92 Å². The number of hydrogen-bond donors (Lipinski definition) is 2. The number of esters is 1. The van der Waals surface area contributed by atoms with Gasteiger partial charge in [0, 0.05) is 0 Å². The molecule has 110 valence electrons. The number of methoxy groups -OCH3 is 1. The van der Waals surface area contributed by atoms with Gasteiger partial charge in [0.1, 0.15) is 6.04 Å². The standard InChI is InChI=1S/C12H15NO6S/c1-7-4-5-9(12(16)19-3)6-10(7)20(17,18)13-8(2)11(14)15/h4-6,8,13H,1-3H3,(H,14,15)/t8-/m0/s1. The minimum Gasteiger partial charge on any atom is -0.480 e. The number of carbonyl (C=O) groups excluding carboxylic acids is 1. The topological polar surface area (TPSA) is 110 Å². The summed E-state index contributed by atoms with van der Waals surface area (Å²) in [7, 11) is -2.86. The normalized spacial score (nSPS) is 12.8. The summed E-state index contributed by atoms with van der Waals surface area (Å²) < 4.78 is 30.7. The molecule has 0 aliphatic carbocycles. The van der Waals surface area contributed by atoms with E-state index in [4.69, 9.17) is 5.11 Å². The number of aryl methyl sites for hydroxylation is 1. The molecule has 8 heteroatoms. The number of ether oxygens (including phenoxy) is 1. The molecule has 7 nitrogen and oxygen atoms in total. The zero-order valence-electron chi connectivity index (χ0n) is 11.2. The highest BCUT2D eigenvalue weighted by molar-refractivity contribution is 7.89. The van der Waals surface area contributed by atoms with Crippen LogP contribution in [0.3, 0.4) is 0 Å². The molecule has 1 aromatic carbocycles. The number of nitrogens with one attached hydrogen (secondary N) is 1. The van der Waals surface area contributed by atoms with E-state index in [1.807, 2.05) is 4.72 Å². The van der Waals surface area contributed by atoms with Crippen molar-refractivity contribution in [3.63, 3.8) is 0 Å². The highest BCUT2D eigenvalue weighted by Gasteiger charge is 2.24. The van der Waals surface area contributed by atoms with Crippen molar-refractivity contribution in [2.75, 3.05) is 7.11 Å². The third-order valence-electron chi connectivity index (χ3n) is 2.60. The van der Waals surface area contributed by atoms with Crippen molar-refractivity contribution in [1.29, 1.82) is 0 Å². The molecule has 0 fully saturated rings. The van der Waals surface area contributed by atoms with Crippen molar-refractivity contribution < 1.29 is 27.9 Å². The predicted octanol–water partition coefficient (Wildman–Crippen LogP) is 0.533. The van der Waals surface area contributed by atoms with E-state index in [0.717, 1.165) is 6.07 Å². The van der Waals surface area contributed by atoms with E-state index < -0.39 is 28.0 Å². The van der Waals surface area contributed by atoms with Crippen LogP contribution in [0.25, 0.3) is 0 Å². The van der Waals surface area contributed by atoms with Gasteiger partial charge in [-0.1, -0.05) is 6.07 Å². The zero-order chi connectivity index (χ0) is 15.5. The van der Waals surface area contributed by atoms with Gasteiger partial charge < -0.3 is 9.84 Å². The average Bonchev–Trinajstić information content (AvgIpc) is 2.37. The van der Waals surface area contributed by atoms with Crippen LogP contribution >= 0.6 is 0 Å². The van der Waals surface area contributed by atoms with Gasteiger partial charge in [0.25, 0.3) is 0 Å². The molecule has 0 bridgehead atoms. The quantitative estimate of drug-likeness (QED) is 0.768. The van der Waals surface area contributed by atoms with Gasteiger partial charge in [-0.05, 0) is 31.5 Å². The van der Waals surface area contributed by atoms with Gasteiger partial charge in [-0.3, -0.25) is 4.79 Å². The Morgan fingerprint density at radius 1 is 1.35 bits per heavy atom. The molecule has 0 aliphatic heterocycles. The largest absolute Gasteiger partial charge is 0.480 e. The Bertz CT molecular complexity index is 637. The number of rotatable bonds is 5. The molecule has 1 rings (SSSR count). The maximum atomic E-state index is 12.1. The molecule has 0 aromatic heterocycles. The van der Waals surface area contributed by atoms with Gasteiger partial charge in [0.15, 0.2) is 0 Å². The van der Waals surface area contributed by atoms with Gasteiger partial charge in [0.05, 0.1) is 17.6 Å². The minimum atomic E-state index is -4.04. The van der Waals surface area contributed by atoms with Crippen molar-refractivity contribution in [2.45, 2.75) is 24.8 Å². The second-order valence-corrected chi connectivity index (χ2v) is 5.84. The Balaban J connectivity index is 3.24. The highest BCUT2D eigenvalue weighted by Crippen LogP contribution is 2.18. The second kappa shape index (κ2) is 6.02. The fourth-order valence-electron chi connectivity index (χ4n) is 1.48. The molecule has 1 aromatic rings. The third kappa shape index (κ3) is 3.55. The fraction of sp³-hybridized carbons (Fsp3) is 0.333. The van der Waals surface area contributed by atoms with Crippen molar-refractivity contribution in [1.82, 2.24) is 4.72 Å². The summed E-state index contributed by atoms with van der Waals surface area (Å²) in [4.78, 5) is 22.0. The highest BCUT2D eigenvalue weighted by atomic mass is 32.2. The lowest BCUT2D eigenvalue weighted by Gasteiger charge is -2.13. The molecule has 0 saturated carbocycles. The van der Waals surface area contributed by atoms with Gasteiger partial charge in [0.2, 0.25) is 10.0 Å². The van der Waals surface area contributed by atoms with Crippen molar-refractivity contribution >= 4 is 22.0 Å². The van der Waals surface area contributed by atoms with Crippen LogP contribution in [0.1, 0.15) is 22.8 Å². The Hall–Kier alpha value is -1.93. The number of benzene rings is 1. The van der Waals surface area contributed by atoms with Crippen molar-refractivity contribution in [3.8, 4) is 0 Å². The summed E-state index contributed by atoms with van der Waals surface area (Å²) in [6.07, 6.45) is 0. The fourth-order valence-corrected chi connectivity index (χ4v) is 2.95. The molecule has 0 heterocycles. The molecular weight excluding hydrogens is 286 g/mol. The second-order valence-electron chi connectivity index (χ2n) is 4.15. The van der Waals surface area contributed by atoms with Crippen LogP contribution in [-0.2, 0) is 19.6 Å². The van der Waals surface area contributed by atoms with Gasteiger partial charge in [-0.2, -0.15) is 4.72 Å². The van der Waals surface area contributed by atoms with E-state index >= 15 is 0 Å². The van der Waals surface area contributed by atoms with E-state index in [1.54, 1.807) is 6.92 Å². The number of carboxylic acids is 1. The molecule has 0 spiro atoms. The van der Waals surface area contributed by atoms with E-state index in [0.29, 0.717) is 5.56 Å². The third-order valence-corrected chi connectivity index (χ3v) is 4.28. The van der Waals surface area contributed by atoms with Crippen LogP contribution < -0.4 is 4.72 Å². The van der Waals surface area contributed by atoms with Gasteiger partial charge >= 0.3 is 11.9 Å². The van der Waals surface area contributed by atoms with Crippen LogP contribution in [0.4, 0.5) is 0 Å². The molecule has 20 heavy (non-hydrogen) atoms. The minimum absolute atomic E-state index is 0.0708. The van der Waals surface area contributed by atoms with Crippen molar-refractivity contribution in [3.05, 3.63) is 29.3 Å². The lowest BCUT2D eigenvalue weighted by atomic mass is 10.1. The number of carbonyl (C=O) groups is 2. The first kappa shape index (κ1) is 16.1. The summed E-state index contributed by atoms with van der Waals surface area (Å²) in [6, 6.07) is 2.76. The SMILES string of the molecule is COC(=O)c1ccc(C)c(S(=O)(=O)N[C@@H](C)C(=O)O)c1.